The quantitative estimate of drug-likeness (QED) is 0.760. The summed E-state index contributed by atoms with van der Waals surface area (Å²) in [5, 5.41) is 0. The van der Waals surface area contributed by atoms with Crippen molar-refractivity contribution in [3.8, 4) is 0 Å². The van der Waals surface area contributed by atoms with E-state index in [0.717, 1.165) is 29.5 Å². The van der Waals surface area contributed by atoms with Crippen LogP contribution in [0.25, 0.3) is 0 Å². The molecular formula is C16H25BrN2O2S. The maximum absolute atomic E-state index is 12.4. The minimum absolute atomic E-state index is 0.355. The van der Waals surface area contributed by atoms with Crippen molar-refractivity contribution in [2.45, 2.75) is 50.5 Å². The summed E-state index contributed by atoms with van der Waals surface area (Å²) in [6.07, 6.45) is 4.67. The Morgan fingerprint density at radius 3 is 2.86 bits per heavy atom. The van der Waals surface area contributed by atoms with Crippen LogP contribution in [0.4, 0.5) is 0 Å². The number of benzene rings is 1. The van der Waals surface area contributed by atoms with E-state index in [1.807, 2.05) is 19.1 Å². The summed E-state index contributed by atoms with van der Waals surface area (Å²) in [5.41, 5.74) is 0.764. The van der Waals surface area contributed by atoms with E-state index in [-0.39, 0.29) is 0 Å². The Morgan fingerprint density at radius 1 is 1.36 bits per heavy atom. The first-order chi connectivity index (χ1) is 10.4. The molecule has 4 nitrogen and oxygen atoms in total. The number of hydrogen-bond donors (Lipinski definition) is 1. The fourth-order valence-electron chi connectivity index (χ4n) is 2.92. The molecular weight excluding hydrogens is 364 g/mol. The molecule has 0 saturated carbocycles. The molecule has 1 aliphatic heterocycles. The third kappa shape index (κ3) is 4.78. The molecule has 1 heterocycles. The van der Waals surface area contributed by atoms with Crippen LogP contribution in [0.1, 0.15) is 38.2 Å². The van der Waals surface area contributed by atoms with Crippen molar-refractivity contribution in [3.63, 3.8) is 0 Å². The Labute approximate surface area is 142 Å². The van der Waals surface area contributed by atoms with Gasteiger partial charge in [0.25, 0.3) is 0 Å². The molecule has 0 amide bonds. The monoisotopic (exact) mass is 388 g/mol. The van der Waals surface area contributed by atoms with E-state index >= 15 is 0 Å². The molecule has 6 heteroatoms. The lowest BCUT2D eigenvalue weighted by atomic mass is 10.0. The average molecular weight is 389 g/mol. The van der Waals surface area contributed by atoms with Crippen molar-refractivity contribution in [1.82, 2.24) is 9.62 Å². The van der Waals surface area contributed by atoms with Gasteiger partial charge < -0.3 is 4.90 Å². The van der Waals surface area contributed by atoms with Crippen molar-refractivity contribution in [3.05, 3.63) is 28.2 Å². The average Bonchev–Trinajstić information content (AvgIpc) is 2.48. The fourth-order valence-corrected chi connectivity index (χ4v) is 4.77. The van der Waals surface area contributed by atoms with Crippen molar-refractivity contribution in [2.75, 3.05) is 19.6 Å². The highest BCUT2D eigenvalue weighted by Crippen LogP contribution is 2.20. The Morgan fingerprint density at radius 2 is 2.14 bits per heavy atom. The Hall–Kier alpha value is -0.430. The molecule has 1 unspecified atom stereocenters. The van der Waals surface area contributed by atoms with Crippen molar-refractivity contribution in [2.24, 2.45) is 0 Å². The Balaban J connectivity index is 1.86. The van der Waals surface area contributed by atoms with Gasteiger partial charge in [-0.25, -0.2) is 13.1 Å². The summed E-state index contributed by atoms with van der Waals surface area (Å²) in [6.45, 7) is 6.65. The number of aryl methyl sites for hydroxylation is 1. The van der Waals surface area contributed by atoms with Crippen LogP contribution in [0.3, 0.4) is 0 Å². The molecule has 0 aromatic heterocycles. The molecule has 0 spiro atoms. The molecule has 0 aliphatic carbocycles. The second-order valence-corrected chi connectivity index (χ2v) is 8.69. The molecule has 0 radical (unpaired) electrons. The summed E-state index contributed by atoms with van der Waals surface area (Å²) >= 11 is 3.33. The number of likely N-dealkylation sites (tertiary alicyclic amines) is 1. The van der Waals surface area contributed by atoms with Gasteiger partial charge in [-0.1, -0.05) is 28.4 Å². The predicted molar refractivity (Wildman–Crippen MR) is 93.6 cm³/mol. The van der Waals surface area contributed by atoms with Gasteiger partial charge in [-0.2, -0.15) is 0 Å². The molecule has 1 aromatic rings. The molecule has 124 valence electrons. The number of nitrogens with one attached hydrogen (secondary N) is 1. The zero-order chi connectivity index (χ0) is 16.2. The van der Waals surface area contributed by atoms with Crippen LogP contribution in [0, 0.1) is 6.92 Å². The minimum atomic E-state index is -3.43. The number of halogens is 1. The van der Waals surface area contributed by atoms with Crippen LogP contribution in [0.5, 0.6) is 0 Å². The highest BCUT2D eigenvalue weighted by Gasteiger charge is 2.19. The van der Waals surface area contributed by atoms with E-state index in [0.29, 0.717) is 17.5 Å². The lowest BCUT2D eigenvalue weighted by Gasteiger charge is -2.33. The van der Waals surface area contributed by atoms with Crippen LogP contribution >= 0.6 is 15.9 Å². The normalized spacial score (nSPS) is 20.2. The lowest BCUT2D eigenvalue weighted by molar-refractivity contribution is 0.159. The number of hydrogen-bond acceptors (Lipinski definition) is 3. The zero-order valence-corrected chi connectivity index (χ0v) is 15.7. The lowest BCUT2D eigenvalue weighted by Crippen LogP contribution is -2.39. The third-order valence-corrected chi connectivity index (χ3v) is 6.39. The number of piperidine rings is 1. The van der Waals surface area contributed by atoms with Gasteiger partial charge in [-0.05, 0) is 63.9 Å². The highest BCUT2D eigenvalue weighted by atomic mass is 79.9. The first-order valence-electron chi connectivity index (χ1n) is 7.90. The molecule has 1 saturated heterocycles. The predicted octanol–water partition coefficient (Wildman–Crippen LogP) is 3.30. The summed E-state index contributed by atoms with van der Waals surface area (Å²) in [6, 6.07) is 5.95. The second-order valence-electron chi connectivity index (χ2n) is 6.04. The summed E-state index contributed by atoms with van der Waals surface area (Å²) in [4.78, 5) is 2.82. The SMILES string of the molecule is Cc1ccc(Br)cc1S(=O)(=O)NCCCN1CCCCC1C. The van der Waals surface area contributed by atoms with Crippen LogP contribution in [-0.4, -0.2) is 39.0 Å². The second kappa shape index (κ2) is 7.90. The maximum atomic E-state index is 12.4. The topological polar surface area (TPSA) is 49.4 Å². The van der Waals surface area contributed by atoms with Gasteiger partial charge >= 0.3 is 0 Å². The molecule has 1 N–H and O–H groups in total. The first kappa shape index (κ1) is 17.9. The Kier molecular flexibility index (Phi) is 6.44. The van der Waals surface area contributed by atoms with Gasteiger partial charge in [-0.15, -0.1) is 0 Å². The van der Waals surface area contributed by atoms with Gasteiger partial charge in [0.2, 0.25) is 10.0 Å². The highest BCUT2D eigenvalue weighted by molar-refractivity contribution is 9.10. The van der Waals surface area contributed by atoms with Crippen LogP contribution in [0.15, 0.2) is 27.6 Å². The van der Waals surface area contributed by atoms with Gasteiger partial charge in [0, 0.05) is 17.1 Å². The molecule has 1 atom stereocenters. The molecule has 2 rings (SSSR count). The van der Waals surface area contributed by atoms with E-state index in [1.54, 1.807) is 6.07 Å². The van der Waals surface area contributed by atoms with E-state index < -0.39 is 10.0 Å². The van der Waals surface area contributed by atoms with Crippen LogP contribution in [-0.2, 0) is 10.0 Å². The van der Waals surface area contributed by atoms with Crippen LogP contribution < -0.4 is 4.72 Å². The number of nitrogens with zero attached hydrogens (tertiary/aromatic N) is 1. The van der Waals surface area contributed by atoms with Crippen molar-refractivity contribution in [1.29, 1.82) is 0 Å². The first-order valence-corrected chi connectivity index (χ1v) is 10.2. The standard InChI is InChI=1S/C16H25BrN2O2S/c1-13-7-8-15(17)12-16(13)22(20,21)18-9-5-11-19-10-4-3-6-14(19)2/h7-8,12,14,18H,3-6,9-11H2,1-2H3. The van der Waals surface area contributed by atoms with E-state index in [2.05, 4.69) is 32.5 Å². The summed E-state index contributed by atoms with van der Waals surface area (Å²) in [5.74, 6) is 0. The minimum Gasteiger partial charge on any atom is -0.301 e. The zero-order valence-electron chi connectivity index (χ0n) is 13.3. The Bertz CT molecular complexity index is 604. The largest absolute Gasteiger partial charge is 0.301 e. The van der Waals surface area contributed by atoms with Crippen LogP contribution in [0.2, 0.25) is 0 Å². The number of rotatable bonds is 6. The molecule has 0 bridgehead atoms. The van der Waals surface area contributed by atoms with E-state index in [4.69, 9.17) is 0 Å². The molecule has 22 heavy (non-hydrogen) atoms. The van der Waals surface area contributed by atoms with E-state index in [9.17, 15) is 8.42 Å². The van der Waals surface area contributed by atoms with Gasteiger partial charge in [0.15, 0.2) is 0 Å². The van der Waals surface area contributed by atoms with Gasteiger partial charge in [0.1, 0.15) is 0 Å². The molecule has 1 fully saturated rings. The molecule has 1 aliphatic rings. The summed E-state index contributed by atoms with van der Waals surface area (Å²) < 4.78 is 28.3. The van der Waals surface area contributed by atoms with E-state index in [1.165, 1.54) is 19.3 Å². The van der Waals surface area contributed by atoms with Gasteiger partial charge in [0.05, 0.1) is 4.90 Å². The smallest absolute Gasteiger partial charge is 0.240 e. The fraction of sp³-hybridized carbons (Fsp3) is 0.625. The number of sulfonamides is 1. The van der Waals surface area contributed by atoms with Crippen molar-refractivity contribution >= 4 is 26.0 Å². The third-order valence-electron chi connectivity index (χ3n) is 4.29. The summed E-state index contributed by atoms with van der Waals surface area (Å²) in [7, 11) is -3.43. The van der Waals surface area contributed by atoms with Crippen molar-refractivity contribution < 1.29 is 8.42 Å². The molecule has 1 aromatic carbocycles. The maximum Gasteiger partial charge on any atom is 0.240 e. The van der Waals surface area contributed by atoms with Gasteiger partial charge in [-0.3, -0.25) is 0 Å².